The van der Waals surface area contributed by atoms with Gasteiger partial charge in [0, 0.05) is 49.9 Å². The Balaban J connectivity index is 1.72. The molecule has 8 heteroatoms. The van der Waals surface area contributed by atoms with Crippen LogP contribution in [0, 0.1) is 0 Å². The summed E-state index contributed by atoms with van der Waals surface area (Å²) in [5.74, 6) is 0.664. The van der Waals surface area contributed by atoms with Crippen LogP contribution < -0.4 is 5.32 Å². The summed E-state index contributed by atoms with van der Waals surface area (Å²) >= 11 is 3.32. The Morgan fingerprint density at radius 2 is 1.72 bits per heavy atom. The molecule has 1 aromatic rings. The van der Waals surface area contributed by atoms with Gasteiger partial charge in [0.15, 0.2) is 0 Å². The number of rotatable bonds is 7. The van der Waals surface area contributed by atoms with Crippen molar-refractivity contribution in [3.63, 3.8) is 0 Å². The molecule has 1 aliphatic heterocycles. The number of pyridine rings is 1. The number of carbonyl (C=O) groups excluding carboxylic acids is 2. The summed E-state index contributed by atoms with van der Waals surface area (Å²) in [6, 6.07) is 3.60. The van der Waals surface area contributed by atoms with E-state index in [0.717, 1.165) is 43.7 Å². The van der Waals surface area contributed by atoms with Crippen LogP contribution in [0.1, 0.15) is 13.8 Å². The Morgan fingerprint density at radius 3 is 2.24 bits per heavy atom. The molecule has 0 unspecified atom stereocenters. The first kappa shape index (κ1) is 19.8. The van der Waals surface area contributed by atoms with Crippen molar-refractivity contribution in [2.75, 3.05) is 57.7 Å². The van der Waals surface area contributed by atoms with Crippen molar-refractivity contribution in [1.82, 2.24) is 19.7 Å². The maximum absolute atomic E-state index is 12.2. The van der Waals surface area contributed by atoms with E-state index in [9.17, 15) is 9.59 Å². The van der Waals surface area contributed by atoms with Crippen molar-refractivity contribution in [3.8, 4) is 0 Å². The first-order chi connectivity index (χ1) is 12.0. The zero-order valence-electron chi connectivity index (χ0n) is 14.9. The molecule has 1 aromatic heterocycles. The van der Waals surface area contributed by atoms with E-state index in [1.807, 2.05) is 24.8 Å². The molecule has 2 heterocycles. The lowest BCUT2D eigenvalue weighted by Crippen LogP contribution is -2.51. The van der Waals surface area contributed by atoms with Gasteiger partial charge in [0.25, 0.3) is 0 Å². The van der Waals surface area contributed by atoms with E-state index in [1.165, 1.54) is 0 Å². The monoisotopic (exact) mass is 411 g/mol. The number of anilines is 1. The fraction of sp³-hybridized carbons (Fsp3) is 0.588. The predicted octanol–water partition coefficient (Wildman–Crippen LogP) is 1.27. The number of nitrogens with one attached hydrogen (secondary N) is 1. The zero-order chi connectivity index (χ0) is 18.2. The Bertz CT molecular complexity index is 569. The fourth-order valence-electron chi connectivity index (χ4n) is 2.81. The van der Waals surface area contributed by atoms with Gasteiger partial charge in [-0.15, -0.1) is 0 Å². The lowest BCUT2D eigenvalue weighted by Gasteiger charge is -2.34. The van der Waals surface area contributed by atoms with Crippen LogP contribution >= 0.6 is 15.9 Å². The minimum Gasteiger partial charge on any atom is -0.342 e. The number of carbonyl (C=O) groups is 2. The first-order valence-electron chi connectivity index (χ1n) is 8.65. The van der Waals surface area contributed by atoms with Crippen LogP contribution in [0.5, 0.6) is 0 Å². The average molecular weight is 412 g/mol. The largest absolute Gasteiger partial charge is 0.342 e. The van der Waals surface area contributed by atoms with Crippen molar-refractivity contribution in [3.05, 3.63) is 22.8 Å². The Hall–Kier alpha value is -1.51. The molecule has 0 bridgehead atoms. The summed E-state index contributed by atoms with van der Waals surface area (Å²) < 4.78 is 0.876. The molecule has 7 nitrogen and oxygen atoms in total. The number of amides is 2. The van der Waals surface area contributed by atoms with Crippen LogP contribution in [-0.2, 0) is 9.59 Å². The topological polar surface area (TPSA) is 68.8 Å². The van der Waals surface area contributed by atoms with Crippen LogP contribution in [0.4, 0.5) is 5.82 Å². The smallest absolute Gasteiger partial charge is 0.239 e. The van der Waals surface area contributed by atoms with Crippen LogP contribution in [0.25, 0.3) is 0 Å². The van der Waals surface area contributed by atoms with Crippen molar-refractivity contribution in [1.29, 1.82) is 0 Å². The van der Waals surface area contributed by atoms with Gasteiger partial charge < -0.3 is 10.2 Å². The second kappa shape index (κ2) is 9.84. The van der Waals surface area contributed by atoms with Gasteiger partial charge in [-0.1, -0.05) is 0 Å². The third-order valence-corrected chi connectivity index (χ3v) is 4.77. The highest BCUT2D eigenvalue weighted by Gasteiger charge is 2.22. The summed E-state index contributed by atoms with van der Waals surface area (Å²) in [6.07, 6.45) is 1.65. The summed E-state index contributed by atoms with van der Waals surface area (Å²) in [4.78, 5) is 34.5. The standard InChI is InChI=1S/C17H26BrN5O2/c1-3-23(4-2)17(25)13-22-9-7-21(8-10-22)12-16(24)20-15-6-5-14(18)11-19-15/h5-6,11H,3-4,7-10,12-13H2,1-2H3,(H,19,20,24). The molecule has 1 fully saturated rings. The number of aromatic nitrogens is 1. The van der Waals surface area contributed by atoms with Gasteiger partial charge >= 0.3 is 0 Å². The Morgan fingerprint density at radius 1 is 1.12 bits per heavy atom. The maximum atomic E-state index is 12.2. The van der Waals surface area contributed by atoms with Crippen molar-refractivity contribution in [2.24, 2.45) is 0 Å². The van der Waals surface area contributed by atoms with Gasteiger partial charge in [-0.25, -0.2) is 4.98 Å². The quantitative estimate of drug-likeness (QED) is 0.731. The van der Waals surface area contributed by atoms with Crippen LogP contribution in [0.2, 0.25) is 0 Å². The number of piperazine rings is 1. The highest BCUT2D eigenvalue weighted by atomic mass is 79.9. The molecule has 138 valence electrons. The van der Waals surface area contributed by atoms with E-state index >= 15 is 0 Å². The number of nitrogens with zero attached hydrogens (tertiary/aromatic N) is 4. The van der Waals surface area contributed by atoms with Crippen molar-refractivity contribution in [2.45, 2.75) is 13.8 Å². The van der Waals surface area contributed by atoms with E-state index in [1.54, 1.807) is 12.3 Å². The Labute approximate surface area is 157 Å². The van der Waals surface area contributed by atoms with Gasteiger partial charge in [-0.2, -0.15) is 0 Å². The minimum absolute atomic E-state index is 0.0671. The molecule has 1 N–H and O–H groups in total. The number of halogens is 1. The zero-order valence-corrected chi connectivity index (χ0v) is 16.5. The molecule has 0 saturated carbocycles. The minimum atomic E-state index is -0.0671. The molecule has 0 spiro atoms. The van der Waals surface area contributed by atoms with E-state index in [0.29, 0.717) is 18.9 Å². The van der Waals surface area contributed by atoms with E-state index in [2.05, 4.69) is 36.0 Å². The average Bonchev–Trinajstić information content (AvgIpc) is 2.60. The molecule has 2 amide bonds. The summed E-state index contributed by atoms with van der Waals surface area (Å²) in [5, 5.41) is 2.80. The molecule has 1 aliphatic rings. The van der Waals surface area contributed by atoms with Gasteiger partial charge in [-0.3, -0.25) is 19.4 Å². The molecule has 2 rings (SSSR count). The molecular formula is C17H26BrN5O2. The SMILES string of the molecule is CCN(CC)C(=O)CN1CCN(CC(=O)Nc2ccc(Br)cn2)CC1. The molecule has 0 aliphatic carbocycles. The molecule has 25 heavy (non-hydrogen) atoms. The first-order valence-corrected chi connectivity index (χ1v) is 9.45. The molecule has 0 aromatic carbocycles. The number of hydrogen-bond donors (Lipinski definition) is 1. The van der Waals surface area contributed by atoms with Gasteiger partial charge in [-0.05, 0) is 41.9 Å². The van der Waals surface area contributed by atoms with Crippen LogP contribution in [-0.4, -0.2) is 83.9 Å². The highest BCUT2D eigenvalue weighted by molar-refractivity contribution is 9.10. The molecule has 0 atom stereocenters. The summed E-state index contributed by atoms with van der Waals surface area (Å²) in [6.45, 7) is 9.47. The maximum Gasteiger partial charge on any atom is 0.239 e. The third-order valence-electron chi connectivity index (χ3n) is 4.30. The van der Waals surface area contributed by atoms with E-state index in [-0.39, 0.29) is 11.8 Å². The van der Waals surface area contributed by atoms with Gasteiger partial charge in [0.2, 0.25) is 11.8 Å². The lowest BCUT2D eigenvalue weighted by atomic mass is 10.3. The van der Waals surface area contributed by atoms with Crippen LogP contribution in [0.15, 0.2) is 22.8 Å². The third kappa shape index (κ3) is 6.37. The van der Waals surface area contributed by atoms with Gasteiger partial charge in [0.1, 0.15) is 5.82 Å². The van der Waals surface area contributed by atoms with Gasteiger partial charge in [0.05, 0.1) is 13.1 Å². The lowest BCUT2D eigenvalue weighted by molar-refractivity contribution is -0.132. The van der Waals surface area contributed by atoms with Crippen molar-refractivity contribution >= 4 is 33.6 Å². The predicted molar refractivity (Wildman–Crippen MR) is 101 cm³/mol. The van der Waals surface area contributed by atoms with E-state index in [4.69, 9.17) is 0 Å². The molecular weight excluding hydrogens is 386 g/mol. The summed E-state index contributed by atoms with van der Waals surface area (Å²) in [5.41, 5.74) is 0. The Kier molecular flexibility index (Phi) is 7.80. The van der Waals surface area contributed by atoms with Crippen LogP contribution in [0.3, 0.4) is 0 Å². The number of hydrogen-bond acceptors (Lipinski definition) is 5. The molecule has 1 saturated heterocycles. The van der Waals surface area contributed by atoms with Crippen molar-refractivity contribution < 1.29 is 9.59 Å². The molecule has 0 radical (unpaired) electrons. The van der Waals surface area contributed by atoms with E-state index < -0.39 is 0 Å². The summed E-state index contributed by atoms with van der Waals surface area (Å²) in [7, 11) is 0. The number of likely N-dealkylation sites (N-methyl/N-ethyl adjacent to an activating group) is 1. The normalized spacial score (nSPS) is 15.8. The second-order valence-electron chi connectivity index (χ2n) is 6.03. The second-order valence-corrected chi connectivity index (χ2v) is 6.94. The fourth-order valence-corrected chi connectivity index (χ4v) is 3.04. The highest BCUT2D eigenvalue weighted by Crippen LogP contribution is 2.10.